The molecule has 0 aromatic heterocycles. The number of hydrogen-bond donors (Lipinski definition) is 0. The van der Waals surface area contributed by atoms with Crippen molar-refractivity contribution in [3.8, 4) is 0 Å². The predicted octanol–water partition coefficient (Wildman–Crippen LogP) is -0.541. The first-order chi connectivity index (χ1) is 8.84. The molecule has 0 amide bonds. The lowest BCUT2D eigenvalue weighted by molar-refractivity contribution is -0.145. The average molecular weight is 295 g/mol. The highest BCUT2D eigenvalue weighted by Gasteiger charge is 2.18. The summed E-state index contributed by atoms with van der Waals surface area (Å²) in [5, 5.41) is 0. The number of carbonyl (C=O) groups is 2. The van der Waals surface area contributed by atoms with Crippen molar-refractivity contribution in [2.45, 2.75) is 13.3 Å². The molecule has 0 heterocycles. The maximum atomic E-state index is 11.6. The van der Waals surface area contributed by atoms with Gasteiger partial charge in [0.05, 0.1) is 33.1 Å². The van der Waals surface area contributed by atoms with Gasteiger partial charge in [-0.3, -0.25) is 14.5 Å². The summed E-state index contributed by atoms with van der Waals surface area (Å²) in [5.74, 6) is -1.07. The van der Waals surface area contributed by atoms with Crippen molar-refractivity contribution in [1.29, 1.82) is 0 Å². The molecule has 0 rings (SSSR count). The first-order valence-corrected chi connectivity index (χ1v) is 7.73. The number of sulfone groups is 1. The van der Waals surface area contributed by atoms with Gasteiger partial charge in [0.25, 0.3) is 0 Å². The molecule has 0 unspecified atom stereocenters. The van der Waals surface area contributed by atoms with Crippen molar-refractivity contribution < 1.29 is 27.5 Å². The second kappa shape index (κ2) is 8.87. The van der Waals surface area contributed by atoms with Gasteiger partial charge in [-0.15, -0.1) is 0 Å². The normalized spacial score (nSPS) is 11.4. The molecule has 0 aliphatic heterocycles. The van der Waals surface area contributed by atoms with E-state index < -0.39 is 21.8 Å². The number of rotatable bonds is 9. The number of esters is 2. The molecule has 0 atom stereocenters. The third-order valence-corrected chi connectivity index (χ3v) is 4.23. The molecule has 0 bridgehead atoms. The van der Waals surface area contributed by atoms with E-state index in [1.54, 1.807) is 6.92 Å². The fourth-order valence-corrected chi connectivity index (χ4v) is 2.75. The zero-order valence-electron chi connectivity index (χ0n) is 11.5. The minimum atomic E-state index is -3.16. The van der Waals surface area contributed by atoms with Crippen LogP contribution in [0.1, 0.15) is 13.3 Å². The molecule has 0 saturated heterocycles. The Kier molecular flexibility index (Phi) is 8.33. The molecule has 112 valence electrons. The van der Waals surface area contributed by atoms with Crippen LogP contribution >= 0.6 is 0 Å². The summed E-state index contributed by atoms with van der Waals surface area (Å²) in [5.41, 5.74) is 0. The van der Waals surface area contributed by atoms with Crippen LogP contribution < -0.4 is 0 Å². The highest BCUT2D eigenvalue weighted by molar-refractivity contribution is 7.91. The zero-order valence-corrected chi connectivity index (χ0v) is 12.4. The molecule has 0 aromatic rings. The summed E-state index contributed by atoms with van der Waals surface area (Å²) >= 11 is 0. The second-order valence-electron chi connectivity index (χ2n) is 4.01. The van der Waals surface area contributed by atoms with E-state index in [1.807, 2.05) is 0 Å². The molecule has 0 saturated carbocycles. The van der Waals surface area contributed by atoms with Gasteiger partial charge in [-0.2, -0.15) is 0 Å². The van der Waals surface area contributed by atoms with Gasteiger partial charge in [-0.25, -0.2) is 8.42 Å². The molecule has 7 nitrogen and oxygen atoms in total. The number of ether oxygens (including phenoxy) is 2. The van der Waals surface area contributed by atoms with E-state index in [0.29, 0.717) is 6.42 Å². The average Bonchev–Trinajstić information content (AvgIpc) is 2.35. The van der Waals surface area contributed by atoms with Crippen LogP contribution in [0.25, 0.3) is 0 Å². The SMILES string of the molecule is CCCS(=O)(=O)CCN(CC(=O)OC)CC(=O)OC. The standard InChI is InChI=1S/C11H21NO6S/c1-4-6-19(15,16)7-5-12(8-10(13)17-2)9-11(14)18-3/h4-9H2,1-3H3. The van der Waals surface area contributed by atoms with Crippen LogP contribution in [0.3, 0.4) is 0 Å². The summed E-state index contributed by atoms with van der Waals surface area (Å²) in [6.07, 6.45) is 0.538. The Bertz CT molecular complexity index is 374. The lowest BCUT2D eigenvalue weighted by Crippen LogP contribution is -2.38. The zero-order chi connectivity index (χ0) is 14.9. The highest BCUT2D eigenvalue weighted by atomic mass is 32.2. The summed E-state index contributed by atoms with van der Waals surface area (Å²) in [4.78, 5) is 23.7. The summed E-state index contributed by atoms with van der Waals surface area (Å²) in [6.45, 7) is 1.57. The molecule has 0 fully saturated rings. The number of carbonyl (C=O) groups excluding carboxylic acids is 2. The third kappa shape index (κ3) is 8.55. The lowest BCUT2D eigenvalue weighted by atomic mass is 10.4. The first kappa shape index (κ1) is 17.8. The van der Waals surface area contributed by atoms with Crippen LogP contribution in [0, 0.1) is 0 Å². The second-order valence-corrected chi connectivity index (χ2v) is 6.32. The van der Waals surface area contributed by atoms with Crippen molar-refractivity contribution >= 4 is 21.8 Å². The summed E-state index contributed by atoms with van der Waals surface area (Å²) in [7, 11) is -0.700. The molecule has 0 spiro atoms. The van der Waals surface area contributed by atoms with Gasteiger partial charge in [-0.1, -0.05) is 6.92 Å². The Labute approximate surface area is 113 Å². The monoisotopic (exact) mass is 295 g/mol. The van der Waals surface area contributed by atoms with E-state index >= 15 is 0 Å². The van der Waals surface area contributed by atoms with Gasteiger partial charge in [0.15, 0.2) is 9.84 Å². The summed E-state index contributed by atoms with van der Waals surface area (Å²) < 4.78 is 32.2. The van der Waals surface area contributed by atoms with Gasteiger partial charge >= 0.3 is 11.9 Å². The fourth-order valence-electron chi connectivity index (χ4n) is 1.39. The van der Waals surface area contributed by atoms with Crippen LogP contribution in [0.4, 0.5) is 0 Å². The minimum Gasteiger partial charge on any atom is -0.468 e. The van der Waals surface area contributed by atoms with Crippen LogP contribution in [-0.4, -0.2) is 70.6 Å². The Morgan fingerprint density at radius 1 is 1.00 bits per heavy atom. The fraction of sp³-hybridized carbons (Fsp3) is 0.818. The van der Waals surface area contributed by atoms with Gasteiger partial charge in [-0.05, 0) is 6.42 Å². The largest absolute Gasteiger partial charge is 0.468 e. The van der Waals surface area contributed by atoms with Gasteiger partial charge in [0.2, 0.25) is 0 Å². The van der Waals surface area contributed by atoms with Crippen LogP contribution in [-0.2, 0) is 28.9 Å². The van der Waals surface area contributed by atoms with Crippen molar-refractivity contribution in [2.24, 2.45) is 0 Å². The van der Waals surface area contributed by atoms with Crippen molar-refractivity contribution in [1.82, 2.24) is 4.90 Å². The topological polar surface area (TPSA) is 90.0 Å². The minimum absolute atomic E-state index is 0.0898. The Hall–Kier alpha value is -1.15. The van der Waals surface area contributed by atoms with Gasteiger partial charge in [0, 0.05) is 12.3 Å². The van der Waals surface area contributed by atoms with Gasteiger partial charge in [0.1, 0.15) is 0 Å². The van der Waals surface area contributed by atoms with Crippen LogP contribution in [0.2, 0.25) is 0 Å². The van der Waals surface area contributed by atoms with E-state index in [2.05, 4.69) is 9.47 Å². The Morgan fingerprint density at radius 2 is 1.47 bits per heavy atom. The first-order valence-electron chi connectivity index (χ1n) is 5.91. The maximum Gasteiger partial charge on any atom is 0.319 e. The molecule has 8 heteroatoms. The van der Waals surface area contributed by atoms with Crippen LogP contribution in [0.5, 0.6) is 0 Å². The summed E-state index contributed by atoms with van der Waals surface area (Å²) in [6, 6.07) is 0. The van der Waals surface area contributed by atoms with E-state index in [4.69, 9.17) is 0 Å². The molecule has 0 radical (unpaired) electrons. The molecule has 0 aromatic carbocycles. The predicted molar refractivity (Wildman–Crippen MR) is 69.4 cm³/mol. The Balaban J connectivity index is 4.49. The molecular formula is C11H21NO6S. The van der Waals surface area contributed by atoms with E-state index in [-0.39, 0.29) is 31.1 Å². The van der Waals surface area contributed by atoms with E-state index in [9.17, 15) is 18.0 Å². The lowest BCUT2D eigenvalue weighted by Gasteiger charge is -2.19. The van der Waals surface area contributed by atoms with E-state index in [1.165, 1.54) is 19.1 Å². The molecule has 0 aliphatic carbocycles. The number of methoxy groups -OCH3 is 2. The molecule has 0 N–H and O–H groups in total. The Morgan fingerprint density at radius 3 is 1.84 bits per heavy atom. The van der Waals surface area contributed by atoms with Gasteiger partial charge < -0.3 is 9.47 Å². The molecule has 19 heavy (non-hydrogen) atoms. The van der Waals surface area contributed by atoms with E-state index in [0.717, 1.165) is 0 Å². The molecule has 0 aliphatic rings. The van der Waals surface area contributed by atoms with Crippen LogP contribution in [0.15, 0.2) is 0 Å². The quantitative estimate of drug-likeness (QED) is 0.528. The molecular weight excluding hydrogens is 274 g/mol. The third-order valence-electron chi connectivity index (χ3n) is 2.39. The smallest absolute Gasteiger partial charge is 0.319 e. The number of hydrogen-bond acceptors (Lipinski definition) is 7. The maximum absolute atomic E-state index is 11.6. The highest BCUT2D eigenvalue weighted by Crippen LogP contribution is 1.98. The van der Waals surface area contributed by atoms with Crippen molar-refractivity contribution in [2.75, 3.05) is 45.4 Å². The number of nitrogens with zero attached hydrogens (tertiary/aromatic N) is 1. The van der Waals surface area contributed by atoms with Crippen molar-refractivity contribution in [3.63, 3.8) is 0 Å². The van der Waals surface area contributed by atoms with Crippen molar-refractivity contribution in [3.05, 3.63) is 0 Å².